The van der Waals surface area contributed by atoms with Gasteiger partial charge in [0, 0.05) is 18.3 Å². The van der Waals surface area contributed by atoms with Gasteiger partial charge in [-0.25, -0.2) is 17.6 Å². The van der Waals surface area contributed by atoms with Gasteiger partial charge < -0.3 is 0 Å². The van der Waals surface area contributed by atoms with Crippen LogP contribution in [0.3, 0.4) is 0 Å². The van der Waals surface area contributed by atoms with Crippen LogP contribution >= 0.6 is 0 Å². The first-order valence-electron chi connectivity index (χ1n) is 5.44. The molecule has 0 atom stereocenters. The summed E-state index contributed by atoms with van der Waals surface area (Å²) in [4.78, 5) is 3.88. The minimum absolute atomic E-state index is 0.0206. The van der Waals surface area contributed by atoms with E-state index in [-0.39, 0.29) is 12.1 Å². The molecule has 0 aromatic heterocycles. The Hall–Kier alpha value is -2.17. The van der Waals surface area contributed by atoms with Gasteiger partial charge in [0.05, 0.1) is 6.54 Å². The van der Waals surface area contributed by atoms with E-state index in [1.807, 2.05) is 0 Å². The minimum Gasteiger partial charge on any atom is -0.288 e. The molecule has 0 aliphatic heterocycles. The van der Waals surface area contributed by atoms with E-state index in [9.17, 15) is 17.6 Å². The summed E-state index contributed by atoms with van der Waals surface area (Å²) in [5.74, 6) is -2.81. The fourth-order valence-electron chi connectivity index (χ4n) is 1.61. The van der Waals surface area contributed by atoms with Gasteiger partial charge in [0.15, 0.2) is 0 Å². The Morgan fingerprint density at radius 3 is 1.74 bits per heavy atom. The molecule has 2 rings (SSSR count). The Kier molecular flexibility index (Phi) is 3.94. The van der Waals surface area contributed by atoms with Crippen LogP contribution in [0.25, 0.3) is 0 Å². The second-order valence-electron chi connectivity index (χ2n) is 3.95. The van der Waals surface area contributed by atoms with Gasteiger partial charge in [0.1, 0.15) is 23.3 Å². The van der Waals surface area contributed by atoms with Crippen molar-refractivity contribution in [3.05, 3.63) is 70.8 Å². The summed E-state index contributed by atoms with van der Waals surface area (Å²) >= 11 is 0. The van der Waals surface area contributed by atoms with Gasteiger partial charge in [-0.3, -0.25) is 4.99 Å². The van der Waals surface area contributed by atoms with Crippen molar-refractivity contribution in [3.8, 4) is 0 Å². The standard InChI is InChI=1S/C14H9F4N/c15-11-1-9(2-12(16)5-11)7-19-8-10-3-13(17)6-14(18)4-10/h1-7H,8H2. The lowest BCUT2D eigenvalue weighted by atomic mass is 10.2. The molecule has 0 amide bonds. The lowest BCUT2D eigenvalue weighted by Gasteiger charge is -1.98. The van der Waals surface area contributed by atoms with E-state index in [1.54, 1.807) is 0 Å². The van der Waals surface area contributed by atoms with Gasteiger partial charge >= 0.3 is 0 Å². The Balaban J connectivity index is 2.11. The molecule has 0 spiro atoms. The zero-order chi connectivity index (χ0) is 13.8. The number of benzene rings is 2. The maximum absolute atomic E-state index is 12.9. The van der Waals surface area contributed by atoms with E-state index in [4.69, 9.17) is 0 Å². The number of aliphatic imine (C=N–C) groups is 1. The molecule has 0 saturated heterocycles. The minimum atomic E-state index is -0.710. The second-order valence-corrected chi connectivity index (χ2v) is 3.95. The molecule has 0 N–H and O–H groups in total. The first kappa shape index (κ1) is 13.3. The van der Waals surface area contributed by atoms with Crippen LogP contribution in [0.2, 0.25) is 0 Å². The number of rotatable bonds is 3. The van der Waals surface area contributed by atoms with Gasteiger partial charge in [0.2, 0.25) is 0 Å². The maximum atomic E-state index is 12.9. The van der Waals surface area contributed by atoms with Crippen LogP contribution in [0.1, 0.15) is 11.1 Å². The van der Waals surface area contributed by atoms with E-state index in [0.717, 1.165) is 36.4 Å². The third-order valence-electron chi connectivity index (χ3n) is 2.32. The second kappa shape index (κ2) is 5.65. The molecule has 0 fully saturated rings. The van der Waals surface area contributed by atoms with Crippen molar-refractivity contribution in [1.29, 1.82) is 0 Å². The van der Waals surface area contributed by atoms with Crippen LogP contribution in [-0.2, 0) is 6.54 Å². The molecule has 0 bridgehead atoms. The van der Waals surface area contributed by atoms with Crippen molar-refractivity contribution in [1.82, 2.24) is 0 Å². The molecule has 0 saturated carbocycles. The molecular weight excluding hydrogens is 258 g/mol. The first-order valence-corrected chi connectivity index (χ1v) is 5.44. The molecular formula is C14H9F4N. The van der Waals surface area contributed by atoms with Gasteiger partial charge in [0.25, 0.3) is 0 Å². The van der Waals surface area contributed by atoms with E-state index in [2.05, 4.69) is 4.99 Å². The zero-order valence-electron chi connectivity index (χ0n) is 9.71. The topological polar surface area (TPSA) is 12.4 Å². The Morgan fingerprint density at radius 2 is 1.21 bits per heavy atom. The van der Waals surface area contributed by atoms with Crippen LogP contribution in [0, 0.1) is 23.3 Å². The van der Waals surface area contributed by atoms with Gasteiger partial charge in [-0.2, -0.15) is 0 Å². The van der Waals surface area contributed by atoms with Crippen molar-refractivity contribution in [2.45, 2.75) is 6.54 Å². The van der Waals surface area contributed by atoms with Crippen LogP contribution in [0.15, 0.2) is 41.4 Å². The van der Waals surface area contributed by atoms with Gasteiger partial charge in [-0.15, -0.1) is 0 Å². The summed E-state index contributed by atoms with van der Waals surface area (Å²) in [5.41, 5.74) is 0.583. The monoisotopic (exact) mass is 267 g/mol. The fraction of sp³-hybridized carbons (Fsp3) is 0.0714. The Morgan fingerprint density at radius 1 is 0.737 bits per heavy atom. The van der Waals surface area contributed by atoms with Crippen molar-refractivity contribution in [2.24, 2.45) is 4.99 Å². The summed E-state index contributed by atoms with van der Waals surface area (Å²) in [7, 11) is 0. The van der Waals surface area contributed by atoms with Crippen LogP contribution in [0.4, 0.5) is 17.6 Å². The highest BCUT2D eigenvalue weighted by Gasteiger charge is 2.00. The predicted octanol–water partition coefficient (Wildman–Crippen LogP) is 3.86. The third kappa shape index (κ3) is 3.91. The molecule has 0 aliphatic rings. The number of nitrogens with zero attached hydrogens (tertiary/aromatic N) is 1. The van der Waals surface area contributed by atoms with Crippen molar-refractivity contribution in [3.63, 3.8) is 0 Å². The third-order valence-corrected chi connectivity index (χ3v) is 2.32. The van der Waals surface area contributed by atoms with E-state index in [1.165, 1.54) is 6.21 Å². The van der Waals surface area contributed by atoms with Crippen molar-refractivity contribution >= 4 is 6.21 Å². The van der Waals surface area contributed by atoms with E-state index >= 15 is 0 Å². The van der Waals surface area contributed by atoms with Crippen molar-refractivity contribution < 1.29 is 17.6 Å². The normalized spacial score (nSPS) is 11.2. The largest absolute Gasteiger partial charge is 0.288 e. The molecule has 0 heterocycles. The first-order chi connectivity index (χ1) is 9.02. The number of halogens is 4. The van der Waals surface area contributed by atoms with Crippen LogP contribution in [-0.4, -0.2) is 6.21 Å². The summed E-state index contributed by atoms with van der Waals surface area (Å²) < 4.78 is 51.6. The van der Waals surface area contributed by atoms with Crippen molar-refractivity contribution in [2.75, 3.05) is 0 Å². The number of hydrogen-bond acceptors (Lipinski definition) is 1. The van der Waals surface area contributed by atoms with Crippen LogP contribution < -0.4 is 0 Å². The molecule has 0 radical (unpaired) electrons. The summed E-state index contributed by atoms with van der Waals surface area (Å²) in [6.07, 6.45) is 1.25. The highest BCUT2D eigenvalue weighted by Crippen LogP contribution is 2.10. The lowest BCUT2D eigenvalue weighted by molar-refractivity contribution is 0.580. The molecule has 2 aromatic carbocycles. The molecule has 5 heteroatoms. The molecule has 0 aliphatic carbocycles. The lowest BCUT2D eigenvalue weighted by Crippen LogP contribution is -1.90. The van der Waals surface area contributed by atoms with E-state index < -0.39 is 23.3 Å². The molecule has 98 valence electrons. The molecule has 0 unspecified atom stereocenters. The Bertz CT molecular complexity index is 582. The maximum Gasteiger partial charge on any atom is 0.126 e. The smallest absolute Gasteiger partial charge is 0.126 e. The van der Waals surface area contributed by atoms with Gasteiger partial charge in [-0.05, 0) is 35.4 Å². The predicted molar refractivity (Wildman–Crippen MR) is 64.0 cm³/mol. The highest BCUT2D eigenvalue weighted by molar-refractivity contribution is 5.79. The molecule has 1 nitrogen and oxygen atoms in total. The fourth-order valence-corrected chi connectivity index (χ4v) is 1.61. The summed E-state index contributed by atoms with van der Waals surface area (Å²) in [6, 6.07) is 6.02. The SMILES string of the molecule is Fc1cc(F)cc(C=NCc2cc(F)cc(F)c2)c1. The molecule has 2 aromatic rings. The average Bonchev–Trinajstić information content (AvgIpc) is 2.26. The summed E-state index contributed by atoms with van der Waals surface area (Å²) in [5, 5.41) is 0. The van der Waals surface area contributed by atoms with Crippen LogP contribution in [0.5, 0.6) is 0 Å². The van der Waals surface area contributed by atoms with Gasteiger partial charge in [-0.1, -0.05) is 0 Å². The number of hydrogen-bond donors (Lipinski definition) is 0. The molecule has 19 heavy (non-hydrogen) atoms. The Labute approximate surface area is 107 Å². The van der Waals surface area contributed by atoms with E-state index in [0.29, 0.717) is 5.56 Å². The zero-order valence-corrected chi connectivity index (χ0v) is 9.71. The highest BCUT2D eigenvalue weighted by atomic mass is 19.1. The quantitative estimate of drug-likeness (QED) is 0.591. The summed E-state index contributed by atoms with van der Waals surface area (Å²) in [6.45, 7) is 0.0206. The average molecular weight is 267 g/mol.